The Bertz CT molecular complexity index is 583. The highest BCUT2D eigenvalue weighted by molar-refractivity contribution is 7.98. The smallest absolute Gasteiger partial charge is 0.191 e. The van der Waals surface area contributed by atoms with Gasteiger partial charge in [0.15, 0.2) is 5.16 Å². The summed E-state index contributed by atoms with van der Waals surface area (Å²) in [5.74, 6) is 2.75. The number of nitrogens with zero attached hydrogens (tertiary/aromatic N) is 3. The zero-order valence-corrected chi connectivity index (χ0v) is 13.7. The topological polar surface area (TPSA) is 30.7 Å². The van der Waals surface area contributed by atoms with Crippen LogP contribution in [0.5, 0.6) is 0 Å². The standard InChI is InChI=1S/C17H23N3S/c1-13-8-10-14(11-9-13)12-21-17-19-18-16(20(17)2)15-6-4-3-5-7-15/h8-11,15H,3-7,12H2,1-2H3. The van der Waals surface area contributed by atoms with E-state index in [4.69, 9.17) is 0 Å². The average molecular weight is 301 g/mol. The van der Waals surface area contributed by atoms with Crippen LogP contribution >= 0.6 is 11.8 Å². The largest absolute Gasteiger partial charge is 0.309 e. The minimum Gasteiger partial charge on any atom is -0.309 e. The third-order valence-corrected chi connectivity index (χ3v) is 5.42. The summed E-state index contributed by atoms with van der Waals surface area (Å²) in [5.41, 5.74) is 2.65. The van der Waals surface area contributed by atoms with Crippen molar-refractivity contribution in [3.8, 4) is 0 Å². The SMILES string of the molecule is Cc1ccc(CSc2nnc(C3CCCCC3)n2C)cc1. The normalized spacial score (nSPS) is 16.3. The molecule has 0 aliphatic heterocycles. The fourth-order valence-electron chi connectivity index (χ4n) is 3.00. The average Bonchev–Trinajstić information content (AvgIpc) is 2.89. The molecular weight excluding hydrogens is 278 g/mol. The van der Waals surface area contributed by atoms with Crippen molar-refractivity contribution in [2.45, 2.75) is 55.9 Å². The van der Waals surface area contributed by atoms with Crippen molar-refractivity contribution >= 4 is 11.8 Å². The molecule has 21 heavy (non-hydrogen) atoms. The Morgan fingerprint density at radius 2 is 1.81 bits per heavy atom. The van der Waals surface area contributed by atoms with Crippen LogP contribution in [0, 0.1) is 6.92 Å². The molecule has 0 radical (unpaired) electrons. The van der Waals surface area contributed by atoms with E-state index < -0.39 is 0 Å². The predicted molar refractivity (Wildman–Crippen MR) is 87.6 cm³/mol. The van der Waals surface area contributed by atoms with Crippen LogP contribution in [0.4, 0.5) is 0 Å². The summed E-state index contributed by atoms with van der Waals surface area (Å²) >= 11 is 1.78. The lowest BCUT2D eigenvalue weighted by molar-refractivity contribution is 0.418. The van der Waals surface area contributed by atoms with Crippen LogP contribution in [0.2, 0.25) is 0 Å². The molecule has 1 aromatic heterocycles. The monoisotopic (exact) mass is 301 g/mol. The zero-order chi connectivity index (χ0) is 14.7. The van der Waals surface area contributed by atoms with Gasteiger partial charge in [0.2, 0.25) is 0 Å². The number of aromatic nitrogens is 3. The molecule has 4 heteroatoms. The van der Waals surface area contributed by atoms with E-state index in [1.807, 2.05) is 0 Å². The van der Waals surface area contributed by atoms with Crippen molar-refractivity contribution in [1.82, 2.24) is 14.8 Å². The first-order valence-electron chi connectivity index (χ1n) is 7.81. The van der Waals surface area contributed by atoms with Crippen molar-refractivity contribution in [2.75, 3.05) is 0 Å². The Balaban J connectivity index is 1.66. The van der Waals surface area contributed by atoms with Crippen LogP contribution in [0.3, 0.4) is 0 Å². The van der Waals surface area contributed by atoms with Crippen molar-refractivity contribution in [1.29, 1.82) is 0 Å². The van der Waals surface area contributed by atoms with Crippen molar-refractivity contribution < 1.29 is 0 Å². The molecule has 1 heterocycles. The van der Waals surface area contributed by atoms with Gasteiger partial charge in [0.05, 0.1) is 0 Å². The molecule has 3 nitrogen and oxygen atoms in total. The summed E-state index contributed by atoms with van der Waals surface area (Å²) in [7, 11) is 2.11. The summed E-state index contributed by atoms with van der Waals surface area (Å²) in [4.78, 5) is 0. The van der Waals surface area contributed by atoms with Crippen LogP contribution in [0.15, 0.2) is 29.4 Å². The molecular formula is C17H23N3S. The van der Waals surface area contributed by atoms with Crippen molar-refractivity contribution in [3.63, 3.8) is 0 Å². The van der Waals surface area contributed by atoms with E-state index in [0.29, 0.717) is 5.92 Å². The number of rotatable bonds is 4. The zero-order valence-electron chi connectivity index (χ0n) is 12.9. The summed E-state index contributed by atoms with van der Waals surface area (Å²) in [5, 5.41) is 9.90. The molecule has 1 aliphatic rings. The Kier molecular flexibility index (Phi) is 4.63. The van der Waals surface area contributed by atoms with Crippen LogP contribution < -0.4 is 0 Å². The minimum atomic E-state index is 0.616. The van der Waals surface area contributed by atoms with E-state index in [-0.39, 0.29) is 0 Å². The Labute approximate surface area is 131 Å². The molecule has 0 spiro atoms. The van der Waals surface area contributed by atoms with Gasteiger partial charge in [0, 0.05) is 18.7 Å². The number of benzene rings is 1. The Morgan fingerprint density at radius 1 is 1.10 bits per heavy atom. The maximum atomic E-state index is 4.46. The highest BCUT2D eigenvalue weighted by Crippen LogP contribution is 2.33. The third-order valence-electron chi connectivity index (χ3n) is 4.33. The molecule has 112 valence electrons. The second-order valence-corrected chi connectivity index (χ2v) is 6.95. The van der Waals surface area contributed by atoms with Gasteiger partial charge < -0.3 is 4.57 Å². The lowest BCUT2D eigenvalue weighted by Gasteiger charge is -2.20. The summed E-state index contributed by atoms with van der Waals surface area (Å²) in [6.07, 6.45) is 6.60. The highest BCUT2D eigenvalue weighted by Gasteiger charge is 2.21. The van der Waals surface area contributed by atoms with E-state index in [9.17, 15) is 0 Å². The lowest BCUT2D eigenvalue weighted by Crippen LogP contribution is -2.10. The molecule has 1 fully saturated rings. The molecule has 1 saturated carbocycles. The minimum absolute atomic E-state index is 0.616. The van der Waals surface area contributed by atoms with Crippen molar-refractivity contribution in [2.24, 2.45) is 7.05 Å². The molecule has 3 rings (SSSR count). The quantitative estimate of drug-likeness (QED) is 0.781. The fourth-order valence-corrected chi connectivity index (χ4v) is 3.87. The molecule has 0 bridgehead atoms. The first-order valence-corrected chi connectivity index (χ1v) is 8.80. The summed E-state index contributed by atoms with van der Waals surface area (Å²) in [6.45, 7) is 2.12. The van der Waals surface area contributed by atoms with Gasteiger partial charge in [-0.15, -0.1) is 10.2 Å². The second-order valence-electron chi connectivity index (χ2n) is 6.01. The van der Waals surface area contributed by atoms with E-state index >= 15 is 0 Å². The second kappa shape index (κ2) is 6.65. The van der Waals surface area contributed by atoms with Gasteiger partial charge >= 0.3 is 0 Å². The van der Waals surface area contributed by atoms with Crippen LogP contribution in [0.25, 0.3) is 0 Å². The fraction of sp³-hybridized carbons (Fsp3) is 0.529. The Morgan fingerprint density at radius 3 is 2.52 bits per heavy atom. The van der Waals surface area contributed by atoms with E-state index in [2.05, 4.69) is 53.0 Å². The van der Waals surface area contributed by atoms with Gasteiger partial charge in [-0.2, -0.15) is 0 Å². The molecule has 0 unspecified atom stereocenters. The van der Waals surface area contributed by atoms with Crippen LogP contribution in [0.1, 0.15) is 55.0 Å². The van der Waals surface area contributed by atoms with E-state index in [1.165, 1.54) is 49.1 Å². The number of aryl methyl sites for hydroxylation is 1. The van der Waals surface area contributed by atoms with Gasteiger partial charge in [0.1, 0.15) is 5.82 Å². The number of thioether (sulfide) groups is 1. The molecule has 0 N–H and O–H groups in total. The summed E-state index contributed by atoms with van der Waals surface area (Å²) in [6, 6.07) is 8.72. The van der Waals surface area contributed by atoms with Gasteiger partial charge in [0.25, 0.3) is 0 Å². The van der Waals surface area contributed by atoms with Gasteiger partial charge in [-0.05, 0) is 25.3 Å². The van der Waals surface area contributed by atoms with Crippen LogP contribution in [-0.2, 0) is 12.8 Å². The predicted octanol–water partition coefficient (Wildman–Crippen LogP) is 4.46. The number of hydrogen-bond donors (Lipinski definition) is 0. The number of hydrogen-bond acceptors (Lipinski definition) is 3. The van der Waals surface area contributed by atoms with Crippen LogP contribution in [-0.4, -0.2) is 14.8 Å². The molecule has 0 amide bonds. The van der Waals surface area contributed by atoms with E-state index in [0.717, 1.165) is 10.9 Å². The Hall–Kier alpha value is -1.29. The molecule has 1 aromatic carbocycles. The van der Waals surface area contributed by atoms with Crippen molar-refractivity contribution in [3.05, 3.63) is 41.2 Å². The van der Waals surface area contributed by atoms with E-state index in [1.54, 1.807) is 11.8 Å². The highest BCUT2D eigenvalue weighted by atomic mass is 32.2. The first kappa shape index (κ1) is 14.6. The van der Waals surface area contributed by atoms with Gasteiger partial charge in [-0.1, -0.05) is 60.9 Å². The molecule has 2 aromatic rings. The van der Waals surface area contributed by atoms with Gasteiger partial charge in [-0.3, -0.25) is 0 Å². The molecule has 0 saturated heterocycles. The first-order chi connectivity index (χ1) is 10.2. The maximum Gasteiger partial charge on any atom is 0.191 e. The lowest BCUT2D eigenvalue weighted by atomic mass is 9.89. The summed E-state index contributed by atoms with van der Waals surface area (Å²) < 4.78 is 2.20. The molecule has 0 atom stereocenters. The third kappa shape index (κ3) is 3.49. The van der Waals surface area contributed by atoms with Gasteiger partial charge in [-0.25, -0.2) is 0 Å². The maximum absolute atomic E-state index is 4.46. The molecule has 1 aliphatic carbocycles.